The first-order chi connectivity index (χ1) is 11.0. The number of aliphatic carboxylic acids is 1. The fraction of sp³-hybridized carbons (Fsp3) is 0.438. The second kappa shape index (κ2) is 5.98. The third kappa shape index (κ3) is 2.78. The van der Waals surface area contributed by atoms with Crippen LogP contribution in [0.15, 0.2) is 24.3 Å². The Morgan fingerprint density at radius 3 is 2.48 bits per heavy atom. The Morgan fingerprint density at radius 1 is 1.13 bits per heavy atom. The van der Waals surface area contributed by atoms with E-state index in [0.717, 1.165) is 0 Å². The van der Waals surface area contributed by atoms with Crippen molar-refractivity contribution in [3.05, 3.63) is 30.1 Å². The topological polar surface area (TPSA) is 77.9 Å². The lowest BCUT2D eigenvalue weighted by molar-refractivity contribution is -0.151. The summed E-state index contributed by atoms with van der Waals surface area (Å²) in [5, 5.41) is 9.17. The van der Waals surface area contributed by atoms with Gasteiger partial charge in [0.05, 0.1) is 0 Å². The number of likely N-dealkylation sites (tertiary alicyclic amines) is 1. The van der Waals surface area contributed by atoms with E-state index >= 15 is 0 Å². The molecule has 7 heteroatoms. The van der Waals surface area contributed by atoms with Crippen molar-refractivity contribution in [2.45, 2.75) is 25.3 Å². The number of benzene rings is 1. The molecule has 0 saturated carbocycles. The van der Waals surface area contributed by atoms with Crippen LogP contribution >= 0.6 is 0 Å². The van der Waals surface area contributed by atoms with E-state index < -0.39 is 29.7 Å². The van der Waals surface area contributed by atoms with Gasteiger partial charge in [0.25, 0.3) is 0 Å². The van der Waals surface area contributed by atoms with Gasteiger partial charge < -0.3 is 14.9 Å². The zero-order valence-electron chi connectivity index (χ0n) is 12.4. The van der Waals surface area contributed by atoms with E-state index in [9.17, 15) is 23.9 Å². The molecule has 2 amide bonds. The van der Waals surface area contributed by atoms with Gasteiger partial charge >= 0.3 is 5.97 Å². The van der Waals surface area contributed by atoms with Gasteiger partial charge in [-0.1, -0.05) is 0 Å². The number of carbonyl (C=O) groups is 3. The third-order valence-corrected chi connectivity index (χ3v) is 4.46. The summed E-state index contributed by atoms with van der Waals surface area (Å²) in [6.07, 6.45) is 1.40. The lowest BCUT2D eigenvalue weighted by atomic mass is 10.1. The number of carbonyl (C=O) groups excluding carboxylic acids is 2. The molecule has 2 aliphatic rings. The van der Waals surface area contributed by atoms with Crippen molar-refractivity contribution in [2.75, 3.05) is 18.0 Å². The minimum Gasteiger partial charge on any atom is -0.480 e. The van der Waals surface area contributed by atoms with Gasteiger partial charge in [-0.3, -0.25) is 9.59 Å². The van der Waals surface area contributed by atoms with E-state index in [0.29, 0.717) is 38.0 Å². The van der Waals surface area contributed by atoms with Crippen LogP contribution in [0, 0.1) is 11.7 Å². The van der Waals surface area contributed by atoms with Crippen molar-refractivity contribution in [3.8, 4) is 0 Å². The number of rotatable bonds is 3. The molecule has 0 aliphatic carbocycles. The van der Waals surface area contributed by atoms with Crippen molar-refractivity contribution >= 4 is 23.5 Å². The minimum atomic E-state index is -1.03. The van der Waals surface area contributed by atoms with Gasteiger partial charge in [-0.25, -0.2) is 9.18 Å². The van der Waals surface area contributed by atoms with Gasteiger partial charge in [0.1, 0.15) is 17.8 Å². The number of nitrogens with zero attached hydrogens (tertiary/aromatic N) is 2. The first-order valence-electron chi connectivity index (χ1n) is 7.59. The van der Waals surface area contributed by atoms with Crippen LogP contribution in [0.4, 0.5) is 10.1 Å². The monoisotopic (exact) mass is 320 g/mol. The maximum absolute atomic E-state index is 13.0. The predicted octanol–water partition coefficient (Wildman–Crippen LogP) is 1.25. The molecule has 2 heterocycles. The summed E-state index contributed by atoms with van der Waals surface area (Å²) >= 11 is 0. The Kier molecular flexibility index (Phi) is 4.02. The zero-order valence-corrected chi connectivity index (χ0v) is 12.4. The molecule has 2 aliphatic heterocycles. The van der Waals surface area contributed by atoms with E-state index in [1.807, 2.05) is 0 Å². The van der Waals surface area contributed by atoms with Gasteiger partial charge in [-0.15, -0.1) is 0 Å². The number of carboxylic acids is 1. The highest BCUT2D eigenvalue weighted by Gasteiger charge is 2.43. The fourth-order valence-electron chi connectivity index (χ4n) is 3.27. The van der Waals surface area contributed by atoms with Gasteiger partial charge in [0.15, 0.2) is 0 Å². The van der Waals surface area contributed by atoms with Gasteiger partial charge in [-0.05, 0) is 43.5 Å². The second-order valence-corrected chi connectivity index (χ2v) is 5.84. The van der Waals surface area contributed by atoms with E-state index in [1.165, 1.54) is 34.1 Å². The highest BCUT2D eigenvalue weighted by Crippen LogP contribution is 2.29. The molecule has 3 rings (SSSR count). The predicted molar refractivity (Wildman–Crippen MR) is 79.2 cm³/mol. The molecule has 2 atom stereocenters. The number of halogens is 1. The molecule has 0 aromatic heterocycles. The molecular weight excluding hydrogens is 303 g/mol. The summed E-state index contributed by atoms with van der Waals surface area (Å²) in [5.41, 5.74) is 0.544. The number of carboxylic acid groups (broad SMARTS) is 1. The van der Waals surface area contributed by atoms with Gasteiger partial charge in [0, 0.05) is 18.8 Å². The molecule has 1 aromatic carbocycles. The van der Waals surface area contributed by atoms with Crippen LogP contribution < -0.4 is 4.90 Å². The molecule has 0 bridgehead atoms. The standard InChI is InChI=1S/C16H17FN2O4/c17-10-3-5-11(6-4-10)18-9-7-12(14(18)20)15(21)19-8-1-2-13(19)16(22)23/h3-6,12-13H,1-2,7-9H2,(H,22,23)/t12?,13-/m1/s1. The quantitative estimate of drug-likeness (QED) is 0.850. The van der Waals surface area contributed by atoms with Gasteiger partial charge in [0.2, 0.25) is 11.8 Å². The Balaban J connectivity index is 1.75. The summed E-state index contributed by atoms with van der Waals surface area (Å²) < 4.78 is 13.0. The smallest absolute Gasteiger partial charge is 0.326 e. The van der Waals surface area contributed by atoms with Crippen molar-refractivity contribution in [2.24, 2.45) is 5.92 Å². The second-order valence-electron chi connectivity index (χ2n) is 5.84. The normalized spacial score (nSPS) is 24.3. The molecule has 2 fully saturated rings. The highest BCUT2D eigenvalue weighted by molar-refractivity contribution is 6.10. The van der Waals surface area contributed by atoms with Crippen molar-refractivity contribution in [3.63, 3.8) is 0 Å². The molecule has 6 nitrogen and oxygen atoms in total. The van der Waals surface area contributed by atoms with Crippen LogP contribution in [-0.2, 0) is 14.4 Å². The molecular formula is C16H17FN2O4. The first kappa shape index (κ1) is 15.5. The van der Waals surface area contributed by atoms with Crippen molar-refractivity contribution in [1.82, 2.24) is 4.90 Å². The maximum Gasteiger partial charge on any atom is 0.326 e. The number of hydrogen-bond acceptors (Lipinski definition) is 3. The lowest BCUT2D eigenvalue weighted by Gasteiger charge is -2.24. The molecule has 0 radical (unpaired) electrons. The molecule has 1 aromatic rings. The van der Waals surface area contributed by atoms with E-state index in [1.54, 1.807) is 0 Å². The molecule has 1 unspecified atom stereocenters. The third-order valence-electron chi connectivity index (χ3n) is 4.46. The van der Waals surface area contributed by atoms with E-state index in [2.05, 4.69) is 0 Å². The lowest BCUT2D eigenvalue weighted by Crippen LogP contribution is -2.45. The summed E-state index contributed by atoms with van der Waals surface area (Å²) in [6.45, 7) is 0.739. The average molecular weight is 320 g/mol. The molecule has 122 valence electrons. The Morgan fingerprint density at radius 2 is 1.83 bits per heavy atom. The van der Waals surface area contributed by atoms with Crippen LogP contribution in [0.25, 0.3) is 0 Å². The SMILES string of the molecule is O=C(O)[C@H]1CCCN1C(=O)C1CCN(c2ccc(F)cc2)C1=O. The van der Waals surface area contributed by atoms with Gasteiger partial charge in [-0.2, -0.15) is 0 Å². The van der Waals surface area contributed by atoms with Crippen LogP contribution in [-0.4, -0.2) is 46.9 Å². The van der Waals surface area contributed by atoms with Crippen LogP contribution in [0.3, 0.4) is 0 Å². The van der Waals surface area contributed by atoms with Crippen molar-refractivity contribution in [1.29, 1.82) is 0 Å². The minimum absolute atomic E-state index is 0.345. The summed E-state index contributed by atoms with van der Waals surface area (Å²) in [6, 6.07) is 4.68. The van der Waals surface area contributed by atoms with Crippen LogP contribution in [0.5, 0.6) is 0 Å². The fourth-order valence-corrected chi connectivity index (χ4v) is 3.27. The van der Waals surface area contributed by atoms with Crippen molar-refractivity contribution < 1.29 is 23.9 Å². The Bertz CT molecular complexity index is 646. The molecule has 23 heavy (non-hydrogen) atoms. The summed E-state index contributed by atoms with van der Waals surface area (Å²) in [7, 11) is 0. The summed E-state index contributed by atoms with van der Waals surface area (Å²) in [5.74, 6) is -3.03. The van der Waals surface area contributed by atoms with Crippen LogP contribution in [0.2, 0.25) is 0 Å². The number of amides is 2. The largest absolute Gasteiger partial charge is 0.480 e. The summed E-state index contributed by atoms with van der Waals surface area (Å²) in [4.78, 5) is 39.0. The maximum atomic E-state index is 13.0. The molecule has 0 spiro atoms. The Hall–Kier alpha value is -2.44. The number of anilines is 1. The number of hydrogen-bond donors (Lipinski definition) is 1. The van der Waals surface area contributed by atoms with E-state index in [4.69, 9.17) is 0 Å². The average Bonchev–Trinajstić information content (AvgIpc) is 3.14. The Labute approximate surface area is 132 Å². The first-order valence-corrected chi connectivity index (χ1v) is 7.59. The zero-order chi connectivity index (χ0) is 16.6. The van der Waals surface area contributed by atoms with Crippen LogP contribution in [0.1, 0.15) is 19.3 Å². The highest BCUT2D eigenvalue weighted by atomic mass is 19.1. The van der Waals surface area contributed by atoms with E-state index in [-0.39, 0.29) is 5.91 Å². The molecule has 1 N–H and O–H groups in total. The molecule has 2 saturated heterocycles.